The topological polar surface area (TPSA) is 72.0 Å². The van der Waals surface area contributed by atoms with E-state index in [1.165, 1.54) is 0 Å². The van der Waals surface area contributed by atoms with E-state index in [1.807, 2.05) is 12.1 Å². The largest absolute Gasteiger partial charge is 0.383 e. The third-order valence-electron chi connectivity index (χ3n) is 2.25. The Hall–Kier alpha value is -1.92. The second-order valence-corrected chi connectivity index (χ2v) is 4.16. The molecule has 6 nitrogen and oxygen atoms in total. The Morgan fingerprint density at radius 2 is 2.26 bits per heavy atom. The third-order valence-corrected chi connectivity index (χ3v) is 2.49. The number of hydrogen-bond acceptors (Lipinski definition) is 6. The highest BCUT2D eigenvalue weighted by atomic mass is 35.5. The molecule has 0 radical (unpaired) electrons. The maximum absolute atomic E-state index is 5.90. The lowest BCUT2D eigenvalue weighted by Crippen LogP contribution is -2.10. The second-order valence-electron chi connectivity index (χ2n) is 3.72. The van der Waals surface area contributed by atoms with Crippen LogP contribution in [0.3, 0.4) is 0 Å². The summed E-state index contributed by atoms with van der Waals surface area (Å²) in [7, 11) is 1.64. The van der Waals surface area contributed by atoms with Crippen molar-refractivity contribution in [1.29, 1.82) is 0 Å². The van der Waals surface area contributed by atoms with E-state index in [0.29, 0.717) is 29.9 Å². The van der Waals surface area contributed by atoms with Crippen molar-refractivity contribution in [1.82, 2.24) is 15.2 Å². The maximum atomic E-state index is 5.90. The Labute approximate surface area is 116 Å². The lowest BCUT2D eigenvalue weighted by atomic mass is 10.3. The van der Waals surface area contributed by atoms with E-state index in [9.17, 15) is 0 Å². The lowest BCUT2D eigenvalue weighted by molar-refractivity contribution is 0.210. The molecule has 0 spiro atoms. The number of halogens is 1. The Balaban J connectivity index is 2.02. The van der Waals surface area contributed by atoms with Crippen LogP contribution in [-0.4, -0.2) is 35.4 Å². The van der Waals surface area contributed by atoms with Crippen LogP contribution in [0.25, 0.3) is 0 Å². The van der Waals surface area contributed by atoms with Gasteiger partial charge in [0.2, 0.25) is 5.95 Å². The van der Waals surface area contributed by atoms with Gasteiger partial charge in [-0.05, 0) is 18.2 Å². The summed E-state index contributed by atoms with van der Waals surface area (Å²) in [6, 6.07) is 7.31. The molecular weight excluding hydrogens is 266 g/mol. The van der Waals surface area contributed by atoms with E-state index in [1.54, 1.807) is 25.4 Å². The first-order chi connectivity index (χ1) is 9.28. The Bertz CT molecular complexity index is 537. The molecule has 0 aliphatic heterocycles. The molecule has 1 aromatic carbocycles. The van der Waals surface area contributed by atoms with Crippen molar-refractivity contribution >= 4 is 29.1 Å². The number of rotatable bonds is 6. The first-order valence-corrected chi connectivity index (χ1v) is 6.11. The van der Waals surface area contributed by atoms with Crippen LogP contribution in [0.2, 0.25) is 5.02 Å². The summed E-state index contributed by atoms with van der Waals surface area (Å²) >= 11 is 5.90. The van der Waals surface area contributed by atoms with Gasteiger partial charge in [-0.25, -0.2) is 0 Å². The predicted molar refractivity (Wildman–Crippen MR) is 74.9 cm³/mol. The van der Waals surface area contributed by atoms with E-state index in [2.05, 4.69) is 25.8 Å². The number of nitrogens with zero attached hydrogens (tertiary/aromatic N) is 3. The normalized spacial score (nSPS) is 10.2. The SMILES string of the molecule is COCCNc1cnnc(Nc2cccc(Cl)c2)n1. The highest BCUT2D eigenvalue weighted by molar-refractivity contribution is 6.30. The van der Waals surface area contributed by atoms with Gasteiger partial charge in [-0.2, -0.15) is 10.1 Å². The molecule has 0 saturated heterocycles. The van der Waals surface area contributed by atoms with Gasteiger partial charge in [0.15, 0.2) is 5.82 Å². The quantitative estimate of drug-likeness (QED) is 0.791. The molecule has 0 unspecified atom stereocenters. The summed E-state index contributed by atoms with van der Waals surface area (Å²) in [5.41, 5.74) is 0.809. The van der Waals surface area contributed by atoms with Crippen molar-refractivity contribution in [2.24, 2.45) is 0 Å². The van der Waals surface area contributed by atoms with E-state index in [4.69, 9.17) is 16.3 Å². The van der Waals surface area contributed by atoms with Gasteiger partial charge in [0.05, 0.1) is 12.8 Å². The van der Waals surface area contributed by atoms with Gasteiger partial charge in [0.25, 0.3) is 0 Å². The minimum atomic E-state index is 0.407. The van der Waals surface area contributed by atoms with E-state index in [0.717, 1.165) is 5.69 Å². The molecule has 2 aromatic rings. The number of hydrogen-bond donors (Lipinski definition) is 2. The van der Waals surface area contributed by atoms with Crippen molar-refractivity contribution in [2.75, 3.05) is 30.9 Å². The van der Waals surface area contributed by atoms with Gasteiger partial charge in [-0.15, -0.1) is 5.10 Å². The molecule has 0 atom stereocenters. The summed E-state index contributed by atoms with van der Waals surface area (Å²) in [6.45, 7) is 1.26. The second kappa shape index (κ2) is 6.86. The van der Waals surface area contributed by atoms with E-state index >= 15 is 0 Å². The molecule has 0 amide bonds. The van der Waals surface area contributed by atoms with Crippen molar-refractivity contribution in [3.63, 3.8) is 0 Å². The standard InChI is InChI=1S/C12H14ClN5O/c1-19-6-5-14-11-8-15-18-12(17-11)16-10-4-2-3-9(13)7-10/h2-4,7-8H,5-6H2,1H3,(H2,14,16,17,18). The monoisotopic (exact) mass is 279 g/mol. The van der Waals surface area contributed by atoms with Crippen molar-refractivity contribution in [2.45, 2.75) is 0 Å². The number of benzene rings is 1. The van der Waals surface area contributed by atoms with E-state index in [-0.39, 0.29) is 0 Å². The molecule has 100 valence electrons. The first kappa shape index (κ1) is 13.5. The number of ether oxygens (including phenoxy) is 1. The van der Waals surface area contributed by atoms with Crippen LogP contribution in [0, 0.1) is 0 Å². The van der Waals surface area contributed by atoms with Crippen LogP contribution in [-0.2, 0) is 4.74 Å². The summed E-state index contributed by atoms with van der Waals surface area (Å²) < 4.78 is 4.95. The smallest absolute Gasteiger partial charge is 0.249 e. The molecular formula is C12H14ClN5O. The molecule has 1 aromatic heterocycles. The summed E-state index contributed by atoms with van der Waals surface area (Å²) in [4.78, 5) is 4.28. The van der Waals surface area contributed by atoms with E-state index < -0.39 is 0 Å². The first-order valence-electron chi connectivity index (χ1n) is 5.73. The molecule has 2 N–H and O–H groups in total. The Morgan fingerprint density at radius 3 is 3.05 bits per heavy atom. The fraction of sp³-hybridized carbons (Fsp3) is 0.250. The molecule has 0 aliphatic rings. The van der Waals surface area contributed by atoms with Gasteiger partial charge in [-0.3, -0.25) is 0 Å². The highest BCUT2D eigenvalue weighted by Crippen LogP contribution is 2.17. The molecule has 7 heteroatoms. The molecule has 2 rings (SSSR count). The van der Waals surface area contributed by atoms with Gasteiger partial charge in [0.1, 0.15) is 0 Å². The zero-order chi connectivity index (χ0) is 13.5. The van der Waals surface area contributed by atoms with Crippen LogP contribution in [0.1, 0.15) is 0 Å². The number of anilines is 3. The van der Waals surface area contributed by atoms with Crippen LogP contribution in [0.5, 0.6) is 0 Å². The molecule has 1 heterocycles. The van der Waals surface area contributed by atoms with Crippen molar-refractivity contribution < 1.29 is 4.74 Å². The Morgan fingerprint density at radius 1 is 1.37 bits per heavy atom. The van der Waals surface area contributed by atoms with Gasteiger partial charge >= 0.3 is 0 Å². The average molecular weight is 280 g/mol. The molecule has 0 bridgehead atoms. The van der Waals surface area contributed by atoms with Gasteiger partial charge in [0, 0.05) is 24.4 Å². The summed E-state index contributed by atoms with van der Waals surface area (Å²) in [5.74, 6) is 1.04. The maximum Gasteiger partial charge on any atom is 0.249 e. The minimum Gasteiger partial charge on any atom is -0.383 e. The fourth-order valence-electron chi connectivity index (χ4n) is 1.42. The lowest BCUT2D eigenvalue weighted by Gasteiger charge is -2.07. The van der Waals surface area contributed by atoms with Crippen LogP contribution in [0.15, 0.2) is 30.5 Å². The highest BCUT2D eigenvalue weighted by Gasteiger charge is 2.01. The zero-order valence-electron chi connectivity index (χ0n) is 10.4. The van der Waals surface area contributed by atoms with Crippen LogP contribution in [0.4, 0.5) is 17.5 Å². The van der Waals surface area contributed by atoms with Gasteiger partial charge in [-0.1, -0.05) is 17.7 Å². The summed E-state index contributed by atoms with van der Waals surface area (Å²) in [5, 5.41) is 14.5. The number of methoxy groups -OCH3 is 1. The Kier molecular flexibility index (Phi) is 4.88. The zero-order valence-corrected chi connectivity index (χ0v) is 11.2. The average Bonchev–Trinajstić information content (AvgIpc) is 2.39. The molecule has 0 saturated carbocycles. The summed E-state index contributed by atoms with van der Waals surface area (Å²) in [6.07, 6.45) is 1.55. The molecule has 0 aliphatic carbocycles. The van der Waals surface area contributed by atoms with Crippen LogP contribution >= 0.6 is 11.6 Å². The minimum absolute atomic E-state index is 0.407. The number of nitrogens with one attached hydrogen (secondary N) is 2. The van der Waals surface area contributed by atoms with Gasteiger partial charge < -0.3 is 15.4 Å². The third kappa shape index (κ3) is 4.35. The van der Waals surface area contributed by atoms with Crippen molar-refractivity contribution in [3.05, 3.63) is 35.5 Å². The fourth-order valence-corrected chi connectivity index (χ4v) is 1.61. The number of aromatic nitrogens is 3. The van der Waals surface area contributed by atoms with Crippen LogP contribution < -0.4 is 10.6 Å². The molecule has 0 fully saturated rings. The molecule has 19 heavy (non-hydrogen) atoms. The predicted octanol–water partition coefficient (Wildman–Crippen LogP) is 2.33. The van der Waals surface area contributed by atoms with Crippen molar-refractivity contribution in [3.8, 4) is 0 Å².